The van der Waals surface area contributed by atoms with Gasteiger partial charge in [-0.3, -0.25) is 9.89 Å². The zero-order valence-corrected chi connectivity index (χ0v) is 10.9. The number of halogens is 2. The van der Waals surface area contributed by atoms with Gasteiger partial charge in [-0.2, -0.15) is 5.10 Å². The molecule has 0 saturated heterocycles. The van der Waals surface area contributed by atoms with E-state index in [1.165, 1.54) is 24.1 Å². The summed E-state index contributed by atoms with van der Waals surface area (Å²) in [6.07, 6.45) is 0. The number of aromatic nitrogens is 2. The van der Waals surface area contributed by atoms with Crippen LogP contribution in [0.4, 0.5) is 8.78 Å². The number of amides is 1. The molecule has 0 aliphatic heterocycles. The summed E-state index contributed by atoms with van der Waals surface area (Å²) in [7, 11) is 1.45. The highest BCUT2D eigenvalue weighted by atomic mass is 19.1. The standard InChI is InChI=1S/C13H14F2N4O/c1-19(7-9-10(14)3-2-4-11(9)15)13(20)12-5-8(6-16)17-18-12/h2-5H,6-7,16H2,1H3,(H,17,18). The molecule has 2 aromatic rings. The van der Waals surface area contributed by atoms with Crippen LogP contribution < -0.4 is 5.73 Å². The second kappa shape index (κ2) is 5.79. The summed E-state index contributed by atoms with van der Waals surface area (Å²) in [6.45, 7) is 0.0497. The fourth-order valence-electron chi connectivity index (χ4n) is 1.76. The molecule has 1 aromatic carbocycles. The third-order valence-electron chi connectivity index (χ3n) is 2.87. The van der Waals surface area contributed by atoms with E-state index in [-0.39, 0.29) is 24.3 Å². The number of nitrogens with two attached hydrogens (primary N) is 1. The lowest BCUT2D eigenvalue weighted by molar-refractivity contribution is 0.0776. The molecule has 1 amide bonds. The Bertz CT molecular complexity index is 606. The molecule has 5 nitrogen and oxygen atoms in total. The molecule has 0 saturated carbocycles. The Kier molecular flexibility index (Phi) is 4.09. The Morgan fingerprint density at radius 1 is 1.40 bits per heavy atom. The minimum Gasteiger partial charge on any atom is -0.336 e. The van der Waals surface area contributed by atoms with Gasteiger partial charge in [0.25, 0.3) is 5.91 Å². The van der Waals surface area contributed by atoms with Gasteiger partial charge < -0.3 is 10.6 Å². The lowest BCUT2D eigenvalue weighted by atomic mass is 10.2. The maximum Gasteiger partial charge on any atom is 0.274 e. The monoisotopic (exact) mass is 280 g/mol. The number of hydrogen-bond donors (Lipinski definition) is 2. The van der Waals surface area contributed by atoms with Crippen LogP contribution in [0, 0.1) is 11.6 Å². The second-order valence-electron chi connectivity index (χ2n) is 4.34. The second-order valence-corrected chi connectivity index (χ2v) is 4.34. The van der Waals surface area contributed by atoms with Gasteiger partial charge in [0.2, 0.25) is 0 Å². The number of nitrogens with one attached hydrogen (secondary N) is 1. The maximum atomic E-state index is 13.5. The number of nitrogens with zero attached hydrogens (tertiary/aromatic N) is 2. The van der Waals surface area contributed by atoms with Crippen molar-refractivity contribution in [1.82, 2.24) is 15.1 Å². The summed E-state index contributed by atoms with van der Waals surface area (Å²) in [5, 5.41) is 6.42. The highest BCUT2D eigenvalue weighted by Gasteiger charge is 2.18. The molecule has 0 radical (unpaired) electrons. The molecule has 2 rings (SSSR count). The normalized spacial score (nSPS) is 10.6. The first-order valence-corrected chi connectivity index (χ1v) is 5.95. The van der Waals surface area contributed by atoms with Gasteiger partial charge in [0.15, 0.2) is 0 Å². The van der Waals surface area contributed by atoms with Gasteiger partial charge in [-0.05, 0) is 18.2 Å². The average Bonchev–Trinajstić information content (AvgIpc) is 2.90. The van der Waals surface area contributed by atoms with Crippen molar-refractivity contribution >= 4 is 5.91 Å². The number of rotatable bonds is 4. The van der Waals surface area contributed by atoms with Gasteiger partial charge >= 0.3 is 0 Å². The Morgan fingerprint density at radius 2 is 2.05 bits per heavy atom. The van der Waals surface area contributed by atoms with E-state index in [9.17, 15) is 13.6 Å². The van der Waals surface area contributed by atoms with Crippen molar-refractivity contribution in [3.63, 3.8) is 0 Å². The van der Waals surface area contributed by atoms with E-state index >= 15 is 0 Å². The van der Waals surface area contributed by atoms with Gasteiger partial charge in [-0.15, -0.1) is 0 Å². The molecular formula is C13H14F2N4O. The number of carbonyl (C=O) groups excluding carboxylic acids is 1. The molecular weight excluding hydrogens is 266 g/mol. The van der Waals surface area contributed by atoms with Crippen LogP contribution in [0.15, 0.2) is 24.3 Å². The van der Waals surface area contributed by atoms with Gasteiger partial charge in [0, 0.05) is 24.8 Å². The van der Waals surface area contributed by atoms with Gasteiger partial charge in [0.1, 0.15) is 17.3 Å². The number of H-pyrrole nitrogens is 1. The molecule has 1 heterocycles. The molecule has 0 fully saturated rings. The van der Waals surface area contributed by atoms with Crippen LogP contribution in [0.25, 0.3) is 0 Å². The molecule has 0 bridgehead atoms. The summed E-state index contributed by atoms with van der Waals surface area (Å²) in [6, 6.07) is 5.09. The number of benzene rings is 1. The summed E-state index contributed by atoms with van der Waals surface area (Å²) >= 11 is 0. The van der Waals surface area contributed by atoms with Crippen molar-refractivity contribution < 1.29 is 13.6 Å². The average molecular weight is 280 g/mol. The van der Waals surface area contributed by atoms with Crippen molar-refractivity contribution in [2.75, 3.05) is 7.05 Å². The topological polar surface area (TPSA) is 75.0 Å². The Labute approximate surface area is 114 Å². The zero-order chi connectivity index (χ0) is 14.7. The predicted molar refractivity (Wildman–Crippen MR) is 68.6 cm³/mol. The van der Waals surface area contributed by atoms with Crippen molar-refractivity contribution in [1.29, 1.82) is 0 Å². The molecule has 7 heteroatoms. The van der Waals surface area contributed by atoms with Crippen LogP contribution in [0.1, 0.15) is 21.7 Å². The first-order chi connectivity index (χ1) is 9.52. The minimum absolute atomic E-state index is 0.155. The van der Waals surface area contributed by atoms with Gasteiger partial charge in [-0.25, -0.2) is 8.78 Å². The van der Waals surface area contributed by atoms with Crippen LogP contribution >= 0.6 is 0 Å². The molecule has 0 unspecified atom stereocenters. The first-order valence-electron chi connectivity index (χ1n) is 5.95. The van der Waals surface area contributed by atoms with Crippen molar-refractivity contribution in [2.45, 2.75) is 13.1 Å². The van der Waals surface area contributed by atoms with E-state index < -0.39 is 17.5 Å². The molecule has 1 aromatic heterocycles. The van der Waals surface area contributed by atoms with Crippen LogP contribution in [0.3, 0.4) is 0 Å². The number of hydrogen-bond acceptors (Lipinski definition) is 3. The van der Waals surface area contributed by atoms with E-state index in [0.29, 0.717) is 5.69 Å². The molecule has 20 heavy (non-hydrogen) atoms. The minimum atomic E-state index is -0.686. The lowest BCUT2D eigenvalue weighted by Gasteiger charge is -2.16. The zero-order valence-electron chi connectivity index (χ0n) is 10.9. The summed E-state index contributed by atoms with van der Waals surface area (Å²) < 4.78 is 27.0. The van der Waals surface area contributed by atoms with Gasteiger partial charge in [0.05, 0.1) is 6.54 Å². The molecule has 3 N–H and O–H groups in total. The van der Waals surface area contributed by atoms with E-state index in [0.717, 1.165) is 12.1 Å². The van der Waals surface area contributed by atoms with Crippen molar-refractivity contribution in [3.8, 4) is 0 Å². The van der Waals surface area contributed by atoms with E-state index in [4.69, 9.17) is 5.73 Å². The smallest absolute Gasteiger partial charge is 0.274 e. The third kappa shape index (κ3) is 2.83. The Balaban J connectivity index is 2.15. The van der Waals surface area contributed by atoms with E-state index in [1.54, 1.807) is 0 Å². The highest BCUT2D eigenvalue weighted by Crippen LogP contribution is 2.15. The van der Waals surface area contributed by atoms with Crippen molar-refractivity contribution in [2.24, 2.45) is 5.73 Å². The molecule has 0 aliphatic rings. The fourth-order valence-corrected chi connectivity index (χ4v) is 1.76. The number of carbonyl (C=O) groups is 1. The SMILES string of the molecule is CN(Cc1c(F)cccc1F)C(=O)c1cc(CN)[nH]n1. The molecule has 0 spiro atoms. The Hall–Kier alpha value is -2.28. The quantitative estimate of drug-likeness (QED) is 0.889. The Morgan fingerprint density at radius 3 is 2.60 bits per heavy atom. The maximum absolute atomic E-state index is 13.5. The van der Waals surface area contributed by atoms with Crippen LogP contribution in [-0.2, 0) is 13.1 Å². The first kappa shape index (κ1) is 14.1. The lowest BCUT2D eigenvalue weighted by Crippen LogP contribution is -2.27. The summed E-state index contributed by atoms with van der Waals surface area (Å²) in [4.78, 5) is 13.3. The van der Waals surface area contributed by atoms with Crippen LogP contribution in [0.5, 0.6) is 0 Å². The third-order valence-corrected chi connectivity index (χ3v) is 2.87. The summed E-state index contributed by atoms with van der Waals surface area (Å²) in [5.41, 5.74) is 6.02. The molecule has 106 valence electrons. The van der Waals surface area contributed by atoms with Crippen LogP contribution in [-0.4, -0.2) is 28.1 Å². The fraction of sp³-hybridized carbons (Fsp3) is 0.231. The largest absolute Gasteiger partial charge is 0.336 e. The molecule has 0 aliphatic carbocycles. The highest BCUT2D eigenvalue weighted by molar-refractivity contribution is 5.92. The molecule has 0 atom stereocenters. The predicted octanol–water partition coefficient (Wildman–Crippen LogP) is 1.42. The number of aromatic amines is 1. The van der Waals surface area contributed by atoms with E-state index in [1.807, 2.05) is 0 Å². The van der Waals surface area contributed by atoms with Crippen molar-refractivity contribution in [3.05, 3.63) is 52.9 Å². The van der Waals surface area contributed by atoms with E-state index in [2.05, 4.69) is 10.2 Å². The van der Waals surface area contributed by atoms with Gasteiger partial charge in [-0.1, -0.05) is 6.07 Å². The van der Waals surface area contributed by atoms with Crippen LogP contribution in [0.2, 0.25) is 0 Å². The summed E-state index contributed by atoms with van der Waals surface area (Å²) in [5.74, 6) is -1.81.